The molecule has 0 aliphatic carbocycles. The van der Waals surface area contributed by atoms with Crippen molar-refractivity contribution in [2.75, 3.05) is 5.32 Å². The van der Waals surface area contributed by atoms with Crippen molar-refractivity contribution in [3.05, 3.63) is 98.5 Å². The van der Waals surface area contributed by atoms with Crippen molar-refractivity contribution in [1.82, 2.24) is 19.7 Å². The first-order valence-electron chi connectivity index (χ1n) is 9.91. The molecule has 1 amide bonds. The highest BCUT2D eigenvalue weighted by molar-refractivity contribution is 9.10. The quantitative estimate of drug-likeness (QED) is 0.315. The minimum atomic E-state index is -0.883. The third-order valence-corrected chi connectivity index (χ3v) is 6.17. The highest BCUT2D eigenvalue weighted by Crippen LogP contribution is 2.32. The molecule has 0 unspecified atom stereocenters. The molecule has 5 aromatic rings. The van der Waals surface area contributed by atoms with Gasteiger partial charge in [0.15, 0.2) is 17.3 Å². The van der Waals surface area contributed by atoms with E-state index in [-0.39, 0.29) is 23.0 Å². The zero-order valence-electron chi connectivity index (χ0n) is 17.4. The summed E-state index contributed by atoms with van der Waals surface area (Å²) in [6.45, 7) is 0. The Morgan fingerprint density at radius 1 is 1.06 bits per heavy atom. The second kappa shape index (κ2) is 9.31. The number of hydrogen-bond donors (Lipinski definition) is 1. The molecule has 5 rings (SSSR count). The number of amides is 1. The Hall–Kier alpha value is -4.03. The van der Waals surface area contributed by atoms with Crippen LogP contribution in [-0.2, 0) is 0 Å². The van der Waals surface area contributed by atoms with Crippen LogP contribution in [0.4, 0.5) is 14.5 Å². The second-order valence-electron chi connectivity index (χ2n) is 7.08. The molecule has 0 bridgehead atoms. The van der Waals surface area contributed by atoms with Gasteiger partial charge in [-0.3, -0.25) is 9.59 Å². The number of anilines is 1. The Kier molecular flexibility index (Phi) is 6.05. The summed E-state index contributed by atoms with van der Waals surface area (Å²) >= 11 is 4.52. The van der Waals surface area contributed by atoms with Crippen LogP contribution in [0.3, 0.4) is 0 Å². The van der Waals surface area contributed by atoms with Crippen LogP contribution in [0.1, 0.15) is 10.5 Å². The van der Waals surface area contributed by atoms with E-state index in [1.807, 2.05) is 5.38 Å². The number of rotatable bonds is 5. The molecule has 12 heteroatoms. The van der Waals surface area contributed by atoms with Crippen LogP contribution in [-0.4, -0.2) is 25.7 Å². The fraction of sp³-hybridized carbons (Fsp3) is 0. The molecule has 0 aliphatic heterocycles. The molecule has 0 atom stereocenters. The molecule has 3 aromatic heterocycles. The van der Waals surface area contributed by atoms with Gasteiger partial charge in [-0.1, -0.05) is 15.9 Å². The third kappa shape index (κ3) is 4.66. The normalized spacial score (nSPS) is 10.9. The van der Waals surface area contributed by atoms with Crippen LogP contribution < -0.4 is 15.5 Å². The lowest BCUT2D eigenvalue weighted by molar-refractivity contribution is 0.101. The van der Waals surface area contributed by atoms with Gasteiger partial charge in [-0.2, -0.15) is 5.10 Å². The highest BCUT2D eigenvalue weighted by Gasteiger charge is 2.17. The Bertz CT molecular complexity index is 1660. The first-order chi connectivity index (χ1) is 16.9. The summed E-state index contributed by atoms with van der Waals surface area (Å²) < 4.78 is 36.9. The SMILES string of the molecule is O=C(Nc1ccc(Oc2ncnc3ccsc23)c(F)c1)c1nn(-c2ccc(Br)cc2F)ccc1=O. The van der Waals surface area contributed by atoms with E-state index in [1.54, 1.807) is 12.1 Å². The second-order valence-corrected chi connectivity index (χ2v) is 8.92. The summed E-state index contributed by atoms with van der Waals surface area (Å²) in [5.74, 6) is -2.16. The summed E-state index contributed by atoms with van der Waals surface area (Å²) in [5.41, 5.74) is -0.389. The lowest BCUT2D eigenvalue weighted by atomic mass is 10.2. The summed E-state index contributed by atoms with van der Waals surface area (Å²) in [6.07, 6.45) is 2.56. The molecule has 0 aliphatic rings. The van der Waals surface area contributed by atoms with Crippen molar-refractivity contribution in [2.45, 2.75) is 0 Å². The number of thiophene rings is 1. The molecule has 0 fully saturated rings. The van der Waals surface area contributed by atoms with Crippen LogP contribution in [0.25, 0.3) is 15.9 Å². The number of nitrogens with one attached hydrogen (secondary N) is 1. The Balaban J connectivity index is 1.38. The molecule has 0 saturated heterocycles. The topological polar surface area (TPSA) is 99.0 Å². The number of ether oxygens (including phenoxy) is 1. The number of fused-ring (bicyclic) bond motifs is 1. The van der Waals surface area contributed by atoms with Gasteiger partial charge in [0.1, 0.15) is 22.5 Å². The Morgan fingerprint density at radius 2 is 1.91 bits per heavy atom. The van der Waals surface area contributed by atoms with Gasteiger partial charge in [0.05, 0.1) is 5.52 Å². The fourth-order valence-electron chi connectivity index (χ4n) is 3.16. The standard InChI is InChI=1S/C23H12BrF2N5O3S/c24-12-1-3-17(14(25)9-12)31-7-5-18(32)20(30-31)22(33)29-13-2-4-19(15(26)10-13)34-23-21-16(6-8-35-21)27-11-28-23/h1-11H,(H,29,33). The molecule has 8 nitrogen and oxygen atoms in total. The molecule has 2 aromatic carbocycles. The first kappa shape index (κ1) is 22.7. The van der Waals surface area contributed by atoms with E-state index in [0.717, 1.165) is 16.8 Å². The van der Waals surface area contributed by atoms with Gasteiger partial charge >= 0.3 is 0 Å². The van der Waals surface area contributed by atoms with Crippen molar-refractivity contribution < 1.29 is 18.3 Å². The third-order valence-electron chi connectivity index (χ3n) is 4.79. The maximum absolute atomic E-state index is 14.7. The average Bonchev–Trinajstić information content (AvgIpc) is 3.31. The molecule has 1 N–H and O–H groups in total. The summed E-state index contributed by atoms with van der Waals surface area (Å²) in [5, 5.41) is 8.20. The number of carbonyl (C=O) groups is 1. The molecule has 3 heterocycles. The summed E-state index contributed by atoms with van der Waals surface area (Å²) in [4.78, 5) is 33.1. The highest BCUT2D eigenvalue weighted by atomic mass is 79.9. The Morgan fingerprint density at radius 3 is 2.71 bits per heavy atom. The van der Waals surface area contributed by atoms with Gasteiger partial charge in [-0.15, -0.1) is 11.3 Å². The number of nitrogens with zero attached hydrogens (tertiary/aromatic N) is 4. The monoisotopic (exact) mass is 555 g/mol. The number of hydrogen-bond acceptors (Lipinski definition) is 7. The van der Waals surface area contributed by atoms with E-state index in [1.165, 1.54) is 48.1 Å². The van der Waals surface area contributed by atoms with E-state index in [4.69, 9.17) is 4.74 Å². The van der Waals surface area contributed by atoms with Crippen molar-refractivity contribution in [3.8, 4) is 17.3 Å². The summed E-state index contributed by atoms with van der Waals surface area (Å²) in [6, 6.07) is 10.9. The molecule has 35 heavy (non-hydrogen) atoms. The van der Waals surface area contributed by atoms with Crippen LogP contribution >= 0.6 is 27.3 Å². The van der Waals surface area contributed by atoms with Crippen LogP contribution in [0, 0.1) is 11.6 Å². The van der Waals surface area contributed by atoms with E-state index < -0.39 is 28.7 Å². The smallest absolute Gasteiger partial charge is 0.280 e. The summed E-state index contributed by atoms with van der Waals surface area (Å²) in [7, 11) is 0. The number of carbonyl (C=O) groups excluding carboxylic acids is 1. The van der Waals surface area contributed by atoms with Gasteiger partial charge in [-0.25, -0.2) is 23.4 Å². The molecule has 0 radical (unpaired) electrons. The van der Waals surface area contributed by atoms with Crippen LogP contribution in [0.2, 0.25) is 0 Å². The minimum Gasteiger partial charge on any atom is -0.434 e. The van der Waals surface area contributed by atoms with E-state index in [0.29, 0.717) is 14.7 Å². The van der Waals surface area contributed by atoms with E-state index in [9.17, 15) is 18.4 Å². The number of halogens is 3. The largest absolute Gasteiger partial charge is 0.434 e. The van der Waals surface area contributed by atoms with Gasteiger partial charge < -0.3 is 10.1 Å². The molecular weight excluding hydrogens is 544 g/mol. The lowest BCUT2D eigenvalue weighted by Crippen LogP contribution is -2.25. The molecule has 174 valence electrons. The van der Waals surface area contributed by atoms with Crippen molar-refractivity contribution in [2.24, 2.45) is 0 Å². The van der Waals surface area contributed by atoms with Crippen LogP contribution in [0.15, 0.2) is 75.7 Å². The van der Waals surface area contributed by atoms with Crippen molar-refractivity contribution in [3.63, 3.8) is 0 Å². The zero-order valence-corrected chi connectivity index (χ0v) is 19.8. The predicted molar refractivity (Wildman–Crippen MR) is 129 cm³/mol. The first-order valence-corrected chi connectivity index (χ1v) is 11.6. The van der Waals surface area contributed by atoms with Crippen molar-refractivity contribution in [1.29, 1.82) is 0 Å². The van der Waals surface area contributed by atoms with E-state index >= 15 is 0 Å². The molecule has 0 spiro atoms. The van der Waals surface area contributed by atoms with Gasteiger partial charge in [0.2, 0.25) is 11.3 Å². The molecule has 0 saturated carbocycles. The lowest BCUT2D eigenvalue weighted by Gasteiger charge is -2.10. The number of benzene rings is 2. The molecular formula is C23H12BrF2N5O3S. The maximum atomic E-state index is 14.7. The van der Waals surface area contributed by atoms with Crippen LogP contribution in [0.5, 0.6) is 11.6 Å². The van der Waals surface area contributed by atoms with Gasteiger partial charge in [0, 0.05) is 28.5 Å². The predicted octanol–water partition coefficient (Wildman–Crippen LogP) is 5.32. The maximum Gasteiger partial charge on any atom is 0.280 e. The minimum absolute atomic E-state index is 0.0411. The fourth-order valence-corrected chi connectivity index (χ4v) is 4.26. The van der Waals surface area contributed by atoms with Crippen molar-refractivity contribution >= 4 is 49.1 Å². The van der Waals surface area contributed by atoms with E-state index in [2.05, 4.69) is 36.3 Å². The Labute approximate surface area is 208 Å². The van der Waals surface area contributed by atoms with Gasteiger partial charge in [-0.05, 0) is 41.8 Å². The number of aromatic nitrogens is 4. The zero-order chi connectivity index (χ0) is 24.5. The van der Waals surface area contributed by atoms with Gasteiger partial charge in [0.25, 0.3) is 5.91 Å². The average molecular weight is 556 g/mol.